The Kier molecular flexibility index (Phi) is 2.96. The van der Waals surface area contributed by atoms with E-state index in [1.807, 2.05) is 0 Å². The summed E-state index contributed by atoms with van der Waals surface area (Å²) in [7, 11) is 0. The van der Waals surface area contributed by atoms with Crippen LogP contribution in [0.25, 0.3) is 0 Å². The van der Waals surface area contributed by atoms with E-state index in [2.05, 4.69) is 10.2 Å². The van der Waals surface area contributed by atoms with Gasteiger partial charge in [0.15, 0.2) is 0 Å². The number of nitrogens with one attached hydrogen (secondary N) is 1. The fourth-order valence-corrected chi connectivity index (χ4v) is 2.36. The summed E-state index contributed by atoms with van der Waals surface area (Å²) >= 11 is 0. The van der Waals surface area contributed by atoms with Gasteiger partial charge in [0.25, 0.3) is 0 Å². The number of carbonyl (C=O) groups is 1. The van der Waals surface area contributed by atoms with Crippen molar-refractivity contribution >= 4 is 5.78 Å². The van der Waals surface area contributed by atoms with Crippen molar-refractivity contribution in [3.8, 4) is 0 Å². The van der Waals surface area contributed by atoms with E-state index < -0.39 is 0 Å². The van der Waals surface area contributed by atoms with Gasteiger partial charge in [0.2, 0.25) is 0 Å². The van der Waals surface area contributed by atoms with Gasteiger partial charge in [-0.05, 0) is 25.8 Å². The lowest BCUT2D eigenvalue weighted by molar-refractivity contribution is -0.121. The van der Waals surface area contributed by atoms with E-state index in [0.29, 0.717) is 5.78 Å². The topological polar surface area (TPSA) is 32.3 Å². The Morgan fingerprint density at radius 1 is 1.23 bits per heavy atom. The Bertz CT molecular complexity index is 185. The molecular weight excluding hydrogens is 164 g/mol. The third-order valence-corrected chi connectivity index (χ3v) is 3.09. The second kappa shape index (κ2) is 4.20. The number of ketones is 1. The highest BCUT2D eigenvalue weighted by atomic mass is 16.1. The molecular formula is C10H18N2O. The summed E-state index contributed by atoms with van der Waals surface area (Å²) in [5, 5.41) is 3.36. The summed E-state index contributed by atoms with van der Waals surface area (Å²) in [6, 6.07) is 0.264. The molecule has 1 atom stereocenters. The van der Waals surface area contributed by atoms with Crippen LogP contribution >= 0.6 is 0 Å². The van der Waals surface area contributed by atoms with Crippen LogP contribution in [0.5, 0.6) is 0 Å². The molecule has 0 aromatic rings. The number of hydrogen-bond donors (Lipinski definition) is 1. The molecule has 3 heteroatoms. The largest absolute Gasteiger partial charge is 0.315 e. The molecule has 3 nitrogen and oxygen atoms in total. The first-order valence-electron chi connectivity index (χ1n) is 5.35. The van der Waals surface area contributed by atoms with Crippen LogP contribution in [0.3, 0.4) is 0 Å². The highest BCUT2D eigenvalue weighted by Gasteiger charge is 2.29. The number of hydrogen-bond acceptors (Lipinski definition) is 3. The normalized spacial score (nSPS) is 32.0. The third kappa shape index (κ3) is 2.09. The van der Waals surface area contributed by atoms with Crippen LogP contribution in [0, 0.1) is 0 Å². The van der Waals surface area contributed by atoms with E-state index in [0.717, 1.165) is 45.4 Å². The van der Waals surface area contributed by atoms with Crippen molar-refractivity contribution in [2.24, 2.45) is 0 Å². The molecule has 1 saturated heterocycles. The summed E-state index contributed by atoms with van der Waals surface area (Å²) in [6.07, 6.45) is 4.20. The number of Topliss-reactive ketones (excluding diaryl/α,β-unsaturated/α-hetero) is 1. The number of rotatable bonds is 1. The molecule has 74 valence electrons. The van der Waals surface area contributed by atoms with Gasteiger partial charge >= 0.3 is 0 Å². The first-order chi connectivity index (χ1) is 6.38. The van der Waals surface area contributed by atoms with Crippen molar-refractivity contribution in [2.75, 3.05) is 26.2 Å². The lowest BCUT2D eigenvalue weighted by Crippen LogP contribution is -2.40. The second-order valence-electron chi connectivity index (χ2n) is 4.01. The fraction of sp³-hybridized carbons (Fsp3) is 0.900. The van der Waals surface area contributed by atoms with Crippen molar-refractivity contribution in [1.82, 2.24) is 10.2 Å². The van der Waals surface area contributed by atoms with Gasteiger partial charge in [-0.15, -0.1) is 0 Å². The van der Waals surface area contributed by atoms with E-state index in [4.69, 9.17) is 0 Å². The van der Waals surface area contributed by atoms with Crippen molar-refractivity contribution in [1.29, 1.82) is 0 Å². The van der Waals surface area contributed by atoms with Crippen LogP contribution in [-0.2, 0) is 4.79 Å². The minimum Gasteiger partial charge on any atom is -0.315 e. The monoisotopic (exact) mass is 182 g/mol. The Morgan fingerprint density at radius 2 is 2.15 bits per heavy atom. The summed E-state index contributed by atoms with van der Waals surface area (Å²) in [5.74, 6) is 0.474. The Morgan fingerprint density at radius 3 is 2.92 bits per heavy atom. The molecule has 1 aliphatic carbocycles. The maximum atomic E-state index is 11.5. The first kappa shape index (κ1) is 9.16. The van der Waals surface area contributed by atoms with Gasteiger partial charge in [-0.2, -0.15) is 0 Å². The number of carbonyl (C=O) groups excluding carboxylic acids is 1. The quantitative estimate of drug-likeness (QED) is 0.637. The highest BCUT2D eigenvalue weighted by Crippen LogP contribution is 2.20. The molecule has 1 heterocycles. The predicted octanol–water partition coefficient (Wildman–Crippen LogP) is 0.403. The SMILES string of the molecule is O=C1CCCC1N1CCCNCC1. The smallest absolute Gasteiger partial charge is 0.149 e. The van der Waals surface area contributed by atoms with Crippen LogP contribution in [0.2, 0.25) is 0 Å². The van der Waals surface area contributed by atoms with Crippen LogP contribution in [0.1, 0.15) is 25.7 Å². The second-order valence-corrected chi connectivity index (χ2v) is 4.01. The summed E-state index contributed by atoms with van der Waals surface area (Å²) in [6.45, 7) is 4.31. The minimum absolute atomic E-state index is 0.264. The molecule has 0 aromatic heterocycles. The summed E-state index contributed by atoms with van der Waals surface area (Å²) < 4.78 is 0. The van der Waals surface area contributed by atoms with E-state index in [1.54, 1.807) is 0 Å². The molecule has 0 spiro atoms. The molecule has 2 rings (SSSR count). The highest BCUT2D eigenvalue weighted by molar-refractivity contribution is 5.85. The molecule has 2 fully saturated rings. The van der Waals surface area contributed by atoms with E-state index in [1.165, 1.54) is 6.42 Å². The average molecular weight is 182 g/mol. The fourth-order valence-electron chi connectivity index (χ4n) is 2.36. The van der Waals surface area contributed by atoms with Crippen LogP contribution < -0.4 is 5.32 Å². The third-order valence-electron chi connectivity index (χ3n) is 3.09. The lowest BCUT2D eigenvalue weighted by atomic mass is 10.2. The van der Waals surface area contributed by atoms with Gasteiger partial charge in [0, 0.05) is 26.1 Å². The molecule has 0 bridgehead atoms. The molecule has 0 radical (unpaired) electrons. The molecule has 2 aliphatic rings. The minimum atomic E-state index is 0.264. The molecule has 0 amide bonds. The maximum Gasteiger partial charge on any atom is 0.149 e. The van der Waals surface area contributed by atoms with Crippen molar-refractivity contribution in [3.63, 3.8) is 0 Å². The van der Waals surface area contributed by atoms with E-state index in [-0.39, 0.29) is 6.04 Å². The Labute approximate surface area is 79.5 Å². The summed E-state index contributed by atoms with van der Waals surface area (Å²) in [4.78, 5) is 13.9. The zero-order valence-corrected chi connectivity index (χ0v) is 8.09. The standard InChI is InChI=1S/C10H18N2O/c13-10-4-1-3-9(10)12-7-2-5-11-6-8-12/h9,11H,1-8H2. The van der Waals surface area contributed by atoms with Crippen molar-refractivity contribution in [3.05, 3.63) is 0 Å². The molecule has 13 heavy (non-hydrogen) atoms. The van der Waals surface area contributed by atoms with E-state index >= 15 is 0 Å². The van der Waals surface area contributed by atoms with Crippen molar-refractivity contribution in [2.45, 2.75) is 31.7 Å². The molecule has 1 saturated carbocycles. The van der Waals surface area contributed by atoms with Crippen molar-refractivity contribution < 1.29 is 4.79 Å². The number of nitrogens with zero attached hydrogens (tertiary/aromatic N) is 1. The van der Waals surface area contributed by atoms with Crippen LogP contribution in [0.4, 0.5) is 0 Å². The lowest BCUT2D eigenvalue weighted by Gasteiger charge is -2.25. The van der Waals surface area contributed by atoms with Crippen LogP contribution in [-0.4, -0.2) is 42.9 Å². The molecule has 1 unspecified atom stereocenters. The van der Waals surface area contributed by atoms with Gasteiger partial charge in [0.1, 0.15) is 5.78 Å². The Balaban J connectivity index is 1.93. The van der Waals surface area contributed by atoms with Gasteiger partial charge in [-0.25, -0.2) is 0 Å². The first-order valence-corrected chi connectivity index (χ1v) is 5.35. The summed E-state index contributed by atoms with van der Waals surface area (Å²) in [5.41, 5.74) is 0. The predicted molar refractivity (Wildman–Crippen MR) is 51.7 cm³/mol. The maximum absolute atomic E-state index is 11.5. The molecule has 1 N–H and O–H groups in total. The molecule has 0 aromatic carbocycles. The van der Waals surface area contributed by atoms with E-state index in [9.17, 15) is 4.79 Å². The molecule has 1 aliphatic heterocycles. The zero-order valence-electron chi connectivity index (χ0n) is 8.09. The Hall–Kier alpha value is -0.410. The van der Waals surface area contributed by atoms with Gasteiger partial charge in [0.05, 0.1) is 6.04 Å². The van der Waals surface area contributed by atoms with Crippen LogP contribution in [0.15, 0.2) is 0 Å². The zero-order chi connectivity index (χ0) is 9.10. The van der Waals surface area contributed by atoms with Gasteiger partial charge in [-0.1, -0.05) is 0 Å². The average Bonchev–Trinajstić information content (AvgIpc) is 2.43. The van der Waals surface area contributed by atoms with Gasteiger partial charge < -0.3 is 5.32 Å². The van der Waals surface area contributed by atoms with Gasteiger partial charge in [-0.3, -0.25) is 9.69 Å².